The molecule has 0 unspecified atom stereocenters. The highest BCUT2D eigenvalue weighted by molar-refractivity contribution is 5.85. The molecule has 0 bridgehead atoms. The number of nitrogens with one attached hydrogen (secondary N) is 2. The number of rotatable bonds is 9. The van der Waals surface area contributed by atoms with Crippen molar-refractivity contribution in [1.82, 2.24) is 15.2 Å². The fourth-order valence-corrected chi connectivity index (χ4v) is 1.55. The minimum absolute atomic E-state index is 0. The van der Waals surface area contributed by atoms with E-state index >= 15 is 0 Å². The van der Waals surface area contributed by atoms with Gasteiger partial charge in [-0.3, -0.25) is 24.3 Å². The third-order valence-electron chi connectivity index (χ3n) is 2.60. The molecule has 22 heavy (non-hydrogen) atoms. The first-order valence-corrected chi connectivity index (χ1v) is 6.36. The van der Waals surface area contributed by atoms with Crippen LogP contribution in [-0.4, -0.2) is 48.7 Å². The predicted octanol–water partition coefficient (Wildman–Crippen LogP) is -0.469. The maximum atomic E-state index is 11.6. The summed E-state index contributed by atoms with van der Waals surface area (Å²) in [7, 11) is 1.60. The average molecular weight is 335 g/mol. The fraction of sp³-hybridized carbons (Fsp3) is 0.500. The van der Waals surface area contributed by atoms with Gasteiger partial charge in [-0.15, -0.1) is 12.4 Å². The van der Waals surface area contributed by atoms with Gasteiger partial charge >= 0.3 is 0 Å². The van der Waals surface area contributed by atoms with Crippen molar-refractivity contribution in [1.29, 1.82) is 0 Å². The monoisotopic (exact) mass is 334 g/mol. The van der Waals surface area contributed by atoms with Crippen LogP contribution in [-0.2, 0) is 16.1 Å². The smallest absolute Gasteiger partial charge is 0.285 e. The Morgan fingerprint density at radius 2 is 2.09 bits per heavy atom. The third kappa shape index (κ3) is 7.16. The second-order valence-corrected chi connectivity index (χ2v) is 4.20. The molecule has 0 atom stereocenters. The van der Waals surface area contributed by atoms with Gasteiger partial charge in [0.2, 0.25) is 5.91 Å². The molecule has 9 nitrogen and oxygen atoms in total. The summed E-state index contributed by atoms with van der Waals surface area (Å²) in [5.74, 6) is -0.383. The lowest BCUT2D eigenvalue weighted by molar-refractivity contribution is -0.385. The summed E-state index contributed by atoms with van der Waals surface area (Å²) in [6.07, 6.45) is 1.05. The largest absolute Gasteiger partial charge is 0.383 e. The molecule has 1 amide bonds. The number of aromatic nitrogens is 1. The first kappa shape index (κ1) is 20.0. The quantitative estimate of drug-likeness (QED) is 0.358. The number of carbonyl (C=O) groups is 1. The van der Waals surface area contributed by atoms with E-state index in [1.807, 2.05) is 0 Å². The summed E-state index contributed by atoms with van der Waals surface area (Å²) in [4.78, 5) is 33.2. The summed E-state index contributed by atoms with van der Waals surface area (Å²) in [5, 5.41) is 16.3. The molecule has 0 aliphatic carbocycles. The minimum Gasteiger partial charge on any atom is -0.383 e. The third-order valence-corrected chi connectivity index (χ3v) is 2.60. The van der Waals surface area contributed by atoms with Crippen LogP contribution in [0.4, 0.5) is 5.69 Å². The van der Waals surface area contributed by atoms with Crippen molar-refractivity contribution in [3.63, 3.8) is 0 Å². The van der Waals surface area contributed by atoms with Gasteiger partial charge in [0.15, 0.2) is 0 Å². The van der Waals surface area contributed by atoms with Gasteiger partial charge in [0.25, 0.3) is 11.2 Å². The van der Waals surface area contributed by atoms with Gasteiger partial charge in [0, 0.05) is 38.9 Å². The van der Waals surface area contributed by atoms with Crippen molar-refractivity contribution < 1.29 is 14.5 Å². The van der Waals surface area contributed by atoms with Crippen molar-refractivity contribution in [2.75, 3.05) is 33.4 Å². The Bertz CT molecular complexity index is 549. The second kappa shape index (κ2) is 10.7. The topological polar surface area (TPSA) is 116 Å². The number of methoxy groups -OCH3 is 1. The summed E-state index contributed by atoms with van der Waals surface area (Å²) in [5.41, 5.74) is -0.697. The van der Waals surface area contributed by atoms with Crippen LogP contribution in [0, 0.1) is 10.1 Å². The van der Waals surface area contributed by atoms with Gasteiger partial charge in [0.05, 0.1) is 17.7 Å². The molecule has 1 aromatic rings. The van der Waals surface area contributed by atoms with Crippen LogP contribution in [0.1, 0.15) is 0 Å². The summed E-state index contributed by atoms with van der Waals surface area (Å²) in [6.45, 7) is 1.97. The van der Waals surface area contributed by atoms with Crippen LogP contribution in [0.5, 0.6) is 0 Å². The molecule has 1 rings (SSSR count). The van der Waals surface area contributed by atoms with Gasteiger partial charge < -0.3 is 15.4 Å². The van der Waals surface area contributed by atoms with Crippen molar-refractivity contribution in [2.45, 2.75) is 6.54 Å². The number of hydrogen-bond acceptors (Lipinski definition) is 6. The van der Waals surface area contributed by atoms with Crippen LogP contribution < -0.4 is 16.2 Å². The lowest BCUT2D eigenvalue weighted by atomic mass is 10.4. The van der Waals surface area contributed by atoms with Crippen LogP contribution >= 0.6 is 12.4 Å². The Labute approximate surface area is 133 Å². The Morgan fingerprint density at radius 1 is 1.36 bits per heavy atom. The second-order valence-electron chi connectivity index (χ2n) is 4.20. The van der Waals surface area contributed by atoms with Crippen LogP contribution in [0.2, 0.25) is 0 Å². The number of nitrogens with zero attached hydrogens (tertiary/aromatic N) is 2. The first-order valence-electron chi connectivity index (χ1n) is 6.36. The lowest BCUT2D eigenvalue weighted by Crippen LogP contribution is -2.36. The van der Waals surface area contributed by atoms with Gasteiger partial charge in [-0.1, -0.05) is 0 Å². The minimum atomic E-state index is -0.617. The van der Waals surface area contributed by atoms with E-state index < -0.39 is 10.5 Å². The Hall–Kier alpha value is -1.97. The molecular formula is C12H19ClN4O5. The molecule has 0 aliphatic heterocycles. The van der Waals surface area contributed by atoms with E-state index in [4.69, 9.17) is 4.74 Å². The molecular weight excluding hydrogens is 316 g/mol. The van der Waals surface area contributed by atoms with Gasteiger partial charge in [-0.25, -0.2) is 0 Å². The molecule has 0 aromatic carbocycles. The van der Waals surface area contributed by atoms with Crippen LogP contribution in [0.15, 0.2) is 23.1 Å². The van der Waals surface area contributed by atoms with E-state index in [0.717, 1.165) is 22.9 Å². The molecule has 0 fully saturated rings. The zero-order valence-corrected chi connectivity index (χ0v) is 12.9. The molecule has 1 heterocycles. The zero-order valence-electron chi connectivity index (χ0n) is 12.1. The highest BCUT2D eigenvalue weighted by Gasteiger charge is 2.10. The molecule has 0 saturated heterocycles. The van der Waals surface area contributed by atoms with Gasteiger partial charge in [-0.2, -0.15) is 0 Å². The summed E-state index contributed by atoms with van der Waals surface area (Å²) < 4.78 is 5.86. The number of pyridine rings is 1. The number of halogens is 1. The van der Waals surface area contributed by atoms with Crippen LogP contribution in [0.25, 0.3) is 0 Å². The number of carbonyl (C=O) groups excluding carboxylic acids is 1. The van der Waals surface area contributed by atoms with Crippen molar-refractivity contribution in [3.05, 3.63) is 38.8 Å². The van der Waals surface area contributed by atoms with E-state index in [-0.39, 0.29) is 30.5 Å². The summed E-state index contributed by atoms with van der Waals surface area (Å²) in [6, 6.07) is 2.17. The standard InChI is InChI=1S/C12H18N4O5.ClH/c1-21-7-6-13-4-5-14-11(17)9-15-8-10(16(19)20)2-3-12(15)18;/h2-3,8,13H,4-7,9H2,1H3,(H,14,17);1H. The molecule has 0 spiro atoms. The fourth-order valence-electron chi connectivity index (χ4n) is 1.55. The molecule has 0 saturated carbocycles. The van der Waals surface area contributed by atoms with Crippen molar-refractivity contribution in [3.8, 4) is 0 Å². The number of hydrogen-bond donors (Lipinski definition) is 2. The Kier molecular flexibility index (Phi) is 9.75. The normalized spacial score (nSPS) is 9.86. The maximum absolute atomic E-state index is 11.6. The van der Waals surface area contributed by atoms with Gasteiger partial charge in [0.1, 0.15) is 6.54 Å². The SMILES string of the molecule is COCCNCCNC(=O)Cn1cc([N+](=O)[O-])ccc1=O.Cl. The molecule has 10 heteroatoms. The van der Waals surface area contributed by atoms with Crippen molar-refractivity contribution in [2.24, 2.45) is 0 Å². The molecule has 0 radical (unpaired) electrons. The van der Waals surface area contributed by atoms with E-state index in [2.05, 4.69) is 10.6 Å². The molecule has 0 aliphatic rings. The molecule has 124 valence electrons. The van der Waals surface area contributed by atoms with E-state index in [1.165, 1.54) is 0 Å². The van der Waals surface area contributed by atoms with E-state index in [1.54, 1.807) is 7.11 Å². The van der Waals surface area contributed by atoms with E-state index in [9.17, 15) is 19.7 Å². The number of ether oxygens (including phenoxy) is 1. The number of nitro groups is 1. The summed E-state index contributed by atoms with van der Waals surface area (Å²) >= 11 is 0. The van der Waals surface area contributed by atoms with Gasteiger partial charge in [-0.05, 0) is 0 Å². The number of amides is 1. The predicted molar refractivity (Wildman–Crippen MR) is 82.4 cm³/mol. The first-order chi connectivity index (χ1) is 10.0. The Morgan fingerprint density at radius 3 is 2.73 bits per heavy atom. The highest BCUT2D eigenvalue weighted by Crippen LogP contribution is 2.05. The zero-order chi connectivity index (χ0) is 15.7. The Balaban J connectivity index is 0.00000441. The molecule has 2 N–H and O–H groups in total. The van der Waals surface area contributed by atoms with E-state index in [0.29, 0.717) is 26.2 Å². The lowest BCUT2D eigenvalue weighted by Gasteiger charge is -2.08. The maximum Gasteiger partial charge on any atom is 0.285 e. The highest BCUT2D eigenvalue weighted by atomic mass is 35.5. The van der Waals surface area contributed by atoms with Crippen molar-refractivity contribution >= 4 is 24.0 Å². The molecule has 1 aromatic heterocycles. The average Bonchev–Trinajstić information content (AvgIpc) is 2.44. The van der Waals surface area contributed by atoms with Crippen LogP contribution in [0.3, 0.4) is 0 Å².